The first-order chi connectivity index (χ1) is 5.70. The summed E-state index contributed by atoms with van der Waals surface area (Å²) in [6.45, 7) is 5.74. The summed E-state index contributed by atoms with van der Waals surface area (Å²) in [5, 5.41) is 0. The van der Waals surface area contributed by atoms with Gasteiger partial charge >= 0.3 is 0 Å². The normalized spacial score (nSPS) is 36.0. The van der Waals surface area contributed by atoms with Gasteiger partial charge in [-0.15, -0.1) is 0 Å². The topological polar surface area (TPSA) is 12.5 Å². The van der Waals surface area contributed by atoms with Gasteiger partial charge in [0.25, 0.3) is 0 Å². The highest BCUT2D eigenvalue weighted by Crippen LogP contribution is 2.41. The van der Waals surface area contributed by atoms with E-state index in [2.05, 4.69) is 18.9 Å². The average Bonchev–Trinajstić information content (AvgIpc) is 2.40. The molecule has 2 saturated heterocycles. The Hall–Kier alpha value is -0.0800. The number of nitrogens with zero attached hydrogens (tertiary/aromatic N) is 1. The van der Waals surface area contributed by atoms with E-state index in [1.807, 2.05) is 0 Å². The first-order valence-electron chi connectivity index (χ1n) is 5.00. The van der Waals surface area contributed by atoms with Gasteiger partial charge in [-0.3, -0.25) is 0 Å². The van der Waals surface area contributed by atoms with Gasteiger partial charge in [0.2, 0.25) is 0 Å². The summed E-state index contributed by atoms with van der Waals surface area (Å²) in [6.07, 6.45) is 4.48. The fraction of sp³-hybridized carbons (Fsp3) is 1.00. The molecular formula is C10H19NO. The maximum absolute atomic E-state index is 5.66. The number of rotatable bonds is 0. The van der Waals surface area contributed by atoms with Crippen molar-refractivity contribution in [2.75, 3.05) is 26.7 Å². The molecule has 2 fully saturated rings. The molecule has 70 valence electrons. The van der Waals surface area contributed by atoms with Crippen LogP contribution in [-0.4, -0.2) is 37.7 Å². The molecule has 2 heteroatoms. The lowest BCUT2D eigenvalue weighted by Crippen LogP contribution is -2.38. The second-order valence-electron chi connectivity index (χ2n) is 4.63. The van der Waals surface area contributed by atoms with Gasteiger partial charge in [0.15, 0.2) is 0 Å². The summed E-state index contributed by atoms with van der Waals surface area (Å²) in [5.74, 6) is 0. The molecule has 0 radical (unpaired) electrons. The van der Waals surface area contributed by atoms with E-state index < -0.39 is 0 Å². The van der Waals surface area contributed by atoms with Crippen LogP contribution in [-0.2, 0) is 4.74 Å². The lowest BCUT2D eigenvalue weighted by atomic mass is 9.77. The first kappa shape index (κ1) is 8.52. The van der Waals surface area contributed by atoms with Crippen LogP contribution in [0.5, 0.6) is 0 Å². The minimum Gasteiger partial charge on any atom is -0.378 e. The zero-order valence-corrected chi connectivity index (χ0v) is 8.18. The van der Waals surface area contributed by atoms with Gasteiger partial charge in [-0.05, 0) is 51.7 Å². The molecule has 2 aliphatic rings. The van der Waals surface area contributed by atoms with E-state index in [4.69, 9.17) is 4.74 Å². The lowest BCUT2D eigenvalue weighted by Gasteiger charge is -2.36. The number of hydrogen-bond donors (Lipinski definition) is 0. The predicted octanol–water partition coefficient (Wildman–Crippen LogP) is 1.51. The van der Waals surface area contributed by atoms with Crippen LogP contribution >= 0.6 is 0 Å². The minimum atomic E-state index is 0.508. The Morgan fingerprint density at radius 2 is 2.00 bits per heavy atom. The van der Waals surface area contributed by atoms with Crippen molar-refractivity contribution in [2.24, 2.45) is 5.41 Å². The van der Waals surface area contributed by atoms with Crippen molar-refractivity contribution < 1.29 is 4.74 Å². The van der Waals surface area contributed by atoms with Crippen molar-refractivity contribution in [1.29, 1.82) is 0 Å². The van der Waals surface area contributed by atoms with Crippen LogP contribution in [0.2, 0.25) is 0 Å². The van der Waals surface area contributed by atoms with Gasteiger partial charge < -0.3 is 9.64 Å². The van der Waals surface area contributed by atoms with Crippen molar-refractivity contribution in [3.05, 3.63) is 0 Å². The van der Waals surface area contributed by atoms with Gasteiger partial charge in [-0.1, -0.05) is 0 Å². The summed E-state index contributed by atoms with van der Waals surface area (Å²) in [6, 6.07) is 0. The highest BCUT2D eigenvalue weighted by atomic mass is 16.5. The summed E-state index contributed by atoms with van der Waals surface area (Å²) in [4.78, 5) is 2.42. The molecule has 1 atom stereocenters. The predicted molar refractivity (Wildman–Crippen MR) is 49.2 cm³/mol. The maximum atomic E-state index is 5.66. The van der Waals surface area contributed by atoms with Crippen LogP contribution < -0.4 is 0 Å². The summed E-state index contributed by atoms with van der Waals surface area (Å²) < 4.78 is 5.66. The summed E-state index contributed by atoms with van der Waals surface area (Å²) in [5.41, 5.74) is 0.561. The second-order valence-corrected chi connectivity index (χ2v) is 4.63. The van der Waals surface area contributed by atoms with Gasteiger partial charge in [-0.2, -0.15) is 0 Å². The fourth-order valence-electron chi connectivity index (χ4n) is 2.49. The van der Waals surface area contributed by atoms with Crippen LogP contribution in [0, 0.1) is 5.41 Å². The van der Waals surface area contributed by atoms with Gasteiger partial charge in [0.1, 0.15) is 0 Å². The van der Waals surface area contributed by atoms with Crippen molar-refractivity contribution in [3.63, 3.8) is 0 Å². The third kappa shape index (κ3) is 1.50. The van der Waals surface area contributed by atoms with E-state index in [1.165, 1.54) is 32.4 Å². The highest BCUT2D eigenvalue weighted by molar-refractivity contribution is 4.90. The van der Waals surface area contributed by atoms with E-state index in [1.54, 1.807) is 0 Å². The van der Waals surface area contributed by atoms with Crippen LogP contribution in [0.1, 0.15) is 26.2 Å². The molecule has 2 aliphatic heterocycles. The van der Waals surface area contributed by atoms with Crippen LogP contribution in [0.15, 0.2) is 0 Å². The standard InChI is InChI=1S/C10H19NO/c1-9-7-10(8-12-9)3-5-11(2)6-4-10/h9H,3-8H2,1-2H3/t9-/m0/s1. The molecule has 0 aromatic heterocycles. The number of ether oxygens (including phenoxy) is 1. The molecule has 0 aromatic carbocycles. The van der Waals surface area contributed by atoms with Gasteiger partial charge in [-0.25, -0.2) is 0 Å². The molecule has 2 heterocycles. The van der Waals surface area contributed by atoms with Crippen molar-refractivity contribution in [3.8, 4) is 0 Å². The third-order valence-corrected chi connectivity index (χ3v) is 3.44. The molecule has 0 unspecified atom stereocenters. The SMILES string of the molecule is C[C@H]1CC2(CCN(C)CC2)CO1. The Kier molecular flexibility index (Phi) is 2.13. The fourth-order valence-corrected chi connectivity index (χ4v) is 2.49. The zero-order chi connectivity index (χ0) is 8.60. The molecular weight excluding hydrogens is 150 g/mol. The molecule has 2 nitrogen and oxygen atoms in total. The Morgan fingerprint density at radius 3 is 2.50 bits per heavy atom. The average molecular weight is 169 g/mol. The van der Waals surface area contributed by atoms with Gasteiger partial charge in [0.05, 0.1) is 12.7 Å². The van der Waals surface area contributed by atoms with E-state index in [0.717, 1.165) is 6.61 Å². The maximum Gasteiger partial charge on any atom is 0.0553 e. The van der Waals surface area contributed by atoms with Crippen molar-refractivity contribution in [2.45, 2.75) is 32.3 Å². The van der Waals surface area contributed by atoms with Crippen LogP contribution in [0.25, 0.3) is 0 Å². The Bertz CT molecular complexity index is 161. The minimum absolute atomic E-state index is 0.508. The van der Waals surface area contributed by atoms with Crippen LogP contribution in [0.4, 0.5) is 0 Å². The quantitative estimate of drug-likeness (QED) is 0.545. The Labute approximate surface area is 74.9 Å². The Balaban J connectivity index is 1.95. The van der Waals surface area contributed by atoms with Crippen molar-refractivity contribution in [1.82, 2.24) is 4.90 Å². The summed E-state index contributed by atoms with van der Waals surface area (Å²) in [7, 11) is 2.21. The van der Waals surface area contributed by atoms with E-state index in [0.29, 0.717) is 11.5 Å². The number of hydrogen-bond acceptors (Lipinski definition) is 2. The molecule has 0 bridgehead atoms. The second kappa shape index (κ2) is 3.00. The zero-order valence-electron chi connectivity index (χ0n) is 8.18. The van der Waals surface area contributed by atoms with E-state index in [9.17, 15) is 0 Å². The molecule has 12 heavy (non-hydrogen) atoms. The van der Waals surface area contributed by atoms with E-state index >= 15 is 0 Å². The molecule has 0 aromatic rings. The number of piperidine rings is 1. The highest BCUT2D eigenvalue weighted by Gasteiger charge is 2.40. The number of likely N-dealkylation sites (tertiary alicyclic amines) is 1. The monoisotopic (exact) mass is 169 g/mol. The Morgan fingerprint density at radius 1 is 1.33 bits per heavy atom. The van der Waals surface area contributed by atoms with E-state index in [-0.39, 0.29) is 0 Å². The smallest absolute Gasteiger partial charge is 0.0553 e. The molecule has 0 amide bonds. The van der Waals surface area contributed by atoms with Crippen LogP contribution in [0.3, 0.4) is 0 Å². The molecule has 0 saturated carbocycles. The third-order valence-electron chi connectivity index (χ3n) is 3.44. The largest absolute Gasteiger partial charge is 0.378 e. The van der Waals surface area contributed by atoms with Gasteiger partial charge in [0, 0.05) is 0 Å². The summed E-state index contributed by atoms with van der Waals surface area (Å²) >= 11 is 0. The first-order valence-corrected chi connectivity index (χ1v) is 5.00. The lowest BCUT2D eigenvalue weighted by molar-refractivity contribution is 0.0764. The molecule has 0 N–H and O–H groups in total. The molecule has 0 aliphatic carbocycles. The molecule has 1 spiro atoms. The molecule has 2 rings (SSSR count). The van der Waals surface area contributed by atoms with Crippen molar-refractivity contribution >= 4 is 0 Å².